The highest BCUT2D eigenvalue weighted by Crippen LogP contribution is 2.43. The zero-order chi connectivity index (χ0) is 13.8. The highest BCUT2D eigenvalue weighted by Gasteiger charge is 2.36. The summed E-state index contributed by atoms with van der Waals surface area (Å²) in [6.07, 6.45) is 4.69. The molecule has 0 heterocycles. The molecule has 1 aliphatic rings. The van der Waals surface area contributed by atoms with Crippen LogP contribution in [0.5, 0.6) is 0 Å². The summed E-state index contributed by atoms with van der Waals surface area (Å²) in [4.78, 5) is 12.1. The maximum absolute atomic E-state index is 12.1. The predicted octanol–water partition coefficient (Wildman–Crippen LogP) is 1.70. The predicted molar refractivity (Wildman–Crippen MR) is 71.3 cm³/mol. The first-order valence-electron chi connectivity index (χ1n) is 6.71. The lowest BCUT2D eigenvalue weighted by Crippen LogP contribution is -2.47. The Balaban J connectivity index is 2.57. The lowest BCUT2D eigenvalue weighted by atomic mass is 9.67. The molecular weight excluding hydrogens is 230 g/mol. The largest absolute Gasteiger partial charge is 0.409 e. The van der Waals surface area contributed by atoms with Crippen LogP contribution in [0.3, 0.4) is 0 Å². The minimum atomic E-state index is -0.552. The highest BCUT2D eigenvalue weighted by atomic mass is 16.4. The Kier molecular flexibility index (Phi) is 4.99. The van der Waals surface area contributed by atoms with Gasteiger partial charge in [-0.1, -0.05) is 32.3 Å². The Labute approximate surface area is 109 Å². The second kappa shape index (κ2) is 6.07. The smallest absolute Gasteiger partial charge is 0.231 e. The molecule has 5 heteroatoms. The van der Waals surface area contributed by atoms with Crippen LogP contribution < -0.4 is 11.1 Å². The SMILES string of the molecule is CCC1(CNC(=O)C(C(N)=NO)C(C)C)CCC1. The molecule has 104 valence electrons. The molecule has 1 unspecified atom stereocenters. The first-order valence-corrected chi connectivity index (χ1v) is 6.71. The van der Waals surface area contributed by atoms with E-state index in [-0.39, 0.29) is 23.1 Å². The van der Waals surface area contributed by atoms with Gasteiger partial charge in [0, 0.05) is 6.54 Å². The number of carbonyl (C=O) groups excluding carboxylic acids is 1. The Morgan fingerprint density at radius 3 is 2.44 bits per heavy atom. The van der Waals surface area contributed by atoms with Gasteiger partial charge in [0.2, 0.25) is 5.91 Å². The average molecular weight is 255 g/mol. The quantitative estimate of drug-likeness (QED) is 0.292. The van der Waals surface area contributed by atoms with Crippen LogP contribution in [0.25, 0.3) is 0 Å². The van der Waals surface area contributed by atoms with Crippen molar-refractivity contribution in [2.24, 2.45) is 28.1 Å². The number of hydrogen-bond acceptors (Lipinski definition) is 3. The van der Waals surface area contributed by atoms with Crippen LogP contribution in [0.4, 0.5) is 0 Å². The summed E-state index contributed by atoms with van der Waals surface area (Å²) in [7, 11) is 0. The van der Waals surface area contributed by atoms with E-state index in [0.29, 0.717) is 6.54 Å². The number of nitrogens with one attached hydrogen (secondary N) is 1. The molecule has 18 heavy (non-hydrogen) atoms. The van der Waals surface area contributed by atoms with Gasteiger partial charge in [0.25, 0.3) is 0 Å². The van der Waals surface area contributed by atoms with Crippen LogP contribution in [0, 0.1) is 17.3 Å². The summed E-state index contributed by atoms with van der Waals surface area (Å²) in [5.74, 6) is -0.689. The summed E-state index contributed by atoms with van der Waals surface area (Å²) in [6.45, 7) is 6.64. The molecule has 0 aliphatic heterocycles. The van der Waals surface area contributed by atoms with Gasteiger partial charge in [-0.2, -0.15) is 0 Å². The normalized spacial score (nSPS) is 20.3. The fourth-order valence-corrected chi connectivity index (χ4v) is 2.56. The number of rotatable bonds is 6. The minimum Gasteiger partial charge on any atom is -0.409 e. The molecule has 4 N–H and O–H groups in total. The molecule has 0 radical (unpaired) electrons. The Hall–Kier alpha value is -1.26. The Bertz CT molecular complexity index is 317. The molecule has 0 spiro atoms. The van der Waals surface area contributed by atoms with Crippen LogP contribution in [-0.2, 0) is 4.79 Å². The van der Waals surface area contributed by atoms with E-state index in [4.69, 9.17) is 10.9 Å². The first kappa shape index (κ1) is 14.8. The van der Waals surface area contributed by atoms with E-state index in [1.807, 2.05) is 13.8 Å². The number of nitrogens with zero attached hydrogens (tertiary/aromatic N) is 1. The molecule has 1 atom stereocenters. The number of amides is 1. The number of amidine groups is 1. The maximum Gasteiger partial charge on any atom is 0.231 e. The lowest BCUT2D eigenvalue weighted by Gasteiger charge is -2.41. The molecule has 1 fully saturated rings. The summed E-state index contributed by atoms with van der Waals surface area (Å²) in [5, 5.41) is 14.6. The van der Waals surface area contributed by atoms with Crippen LogP contribution in [-0.4, -0.2) is 23.5 Å². The summed E-state index contributed by atoms with van der Waals surface area (Å²) < 4.78 is 0. The van der Waals surface area contributed by atoms with Crippen molar-refractivity contribution in [3.63, 3.8) is 0 Å². The van der Waals surface area contributed by atoms with Crippen LogP contribution in [0.1, 0.15) is 46.5 Å². The zero-order valence-electron chi connectivity index (χ0n) is 11.6. The molecular formula is C13H25N3O2. The van der Waals surface area contributed by atoms with Crippen molar-refractivity contribution in [2.75, 3.05) is 6.54 Å². The van der Waals surface area contributed by atoms with Crippen molar-refractivity contribution in [3.8, 4) is 0 Å². The third kappa shape index (κ3) is 3.15. The van der Waals surface area contributed by atoms with Gasteiger partial charge in [-0.05, 0) is 30.6 Å². The van der Waals surface area contributed by atoms with Crippen molar-refractivity contribution in [2.45, 2.75) is 46.5 Å². The van der Waals surface area contributed by atoms with Crippen molar-refractivity contribution in [1.29, 1.82) is 0 Å². The van der Waals surface area contributed by atoms with Crippen molar-refractivity contribution in [3.05, 3.63) is 0 Å². The van der Waals surface area contributed by atoms with Crippen LogP contribution in [0.15, 0.2) is 5.16 Å². The number of hydrogen-bond donors (Lipinski definition) is 3. The molecule has 0 bridgehead atoms. The average Bonchev–Trinajstić information content (AvgIpc) is 2.27. The standard InChI is InChI=1S/C13H25N3O2/c1-4-13(6-5-7-13)8-15-12(17)10(9(2)3)11(14)16-18/h9-10,18H,4-8H2,1-3H3,(H2,14,16)(H,15,17). The molecule has 1 aliphatic carbocycles. The van der Waals surface area contributed by atoms with E-state index in [2.05, 4.69) is 17.4 Å². The van der Waals surface area contributed by atoms with Gasteiger partial charge < -0.3 is 16.3 Å². The van der Waals surface area contributed by atoms with E-state index < -0.39 is 5.92 Å². The summed E-state index contributed by atoms with van der Waals surface area (Å²) >= 11 is 0. The van der Waals surface area contributed by atoms with E-state index in [1.54, 1.807) is 0 Å². The third-order valence-electron chi connectivity index (χ3n) is 4.19. The number of oxime groups is 1. The topological polar surface area (TPSA) is 87.7 Å². The molecule has 5 nitrogen and oxygen atoms in total. The molecule has 0 aromatic rings. The van der Waals surface area contributed by atoms with Crippen LogP contribution >= 0.6 is 0 Å². The van der Waals surface area contributed by atoms with E-state index in [9.17, 15) is 4.79 Å². The van der Waals surface area contributed by atoms with Crippen molar-refractivity contribution < 1.29 is 10.0 Å². The molecule has 0 aromatic heterocycles. The van der Waals surface area contributed by atoms with Gasteiger partial charge in [0.1, 0.15) is 5.92 Å². The van der Waals surface area contributed by atoms with Gasteiger partial charge >= 0.3 is 0 Å². The molecule has 1 rings (SSSR count). The second-order valence-electron chi connectivity index (χ2n) is 5.67. The molecule has 0 saturated heterocycles. The number of carbonyl (C=O) groups is 1. The van der Waals surface area contributed by atoms with Gasteiger partial charge in [-0.3, -0.25) is 4.79 Å². The second-order valence-corrected chi connectivity index (χ2v) is 5.67. The third-order valence-corrected chi connectivity index (χ3v) is 4.19. The highest BCUT2D eigenvalue weighted by molar-refractivity contribution is 6.02. The van der Waals surface area contributed by atoms with Gasteiger partial charge in [-0.25, -0.2) is 0 Å². The van der Waals surface area contributed by atoms with Gasteiger partial charge in [-0.15, -0.1) is 0 Å². The first-order chi connectivity index (χ1) is 8.45. The zero-order valence-corrected chi connectivity index (χ0v) is 11.6. The van der Waals surface area contributed by atoms with Crippen molar-refractivity contribution in [1.82, 2.24) is 5.32 Å². The van der Waals surface area contributed by atoms with Gasteiger partial charge in [0.15, 0.2) is 5.84 Å². The molecule has 1 saturated carbocycles. The fourth-order valence-electron chi connectivity index (χ4n) is 2.56. The molecule has 0 aromatic carbocycles. The Morgan fingerprint density at radius 2 is 2.11 bits per heavy atom. The Morgan fingerprint density at radius 1 is 1.50 bits per heavy atom. The van der Waals surface area contributed by atoms with E-state index in [1.165, 1.54) is 19.3 Å². The minimum absolute atomic E-state index is 0.0124. The molecule has 1 amide bonds. The van der Waals surface area contributed by atoms with Gasteiger partial charge in [0.05, 0.1) is 0 Å². The number of nitrogens with two attached hydrogens (primary N) is 1. The van der Waals surface area contributed by atoms with Crippen LogP contribution in [0.2, 0.25) is 0 Å². The monoisotopic (exact) mass is 255 g/mol. The fraction of sp³-hybridized carbons (Fsp3) is 0.846. The van der Waals surface area contributed by atoms with Crippen molar-refractivity contribution >= 4 is 11.7 Å². The van der Waals surface area contributed by atoms with E-state index in [0.717, 1.165) is 6.42 Å². The lowest BCUT2D eigenvalue weighted by molar-refractivity contribution is -0.125. The van der Waals surface area contributed by atoms with E-state index >= 15 is 0 Å². The maximum atomic E-state index is 12.1. The summed E-state index contributed by atoms with van der Waals surface area (Å²) in [6, 6.07) is 0. The summed E-state index contributed by atoms with van der Waals surface area (Å²) in [5.41, 5.74) is 5.86.